The lowest BCUT2D eigenvalue weighted by molar-refractivity contribution is -0.152. The molecule has 0 saturated carbocycles. The lowest BCUT2D eigenvalue weighted by Gasteiger charge is -2.37. The van der Waals surface area contributed by atoms with Gasteiger partial charge in [0.05, 0.1) is 16.8 Å². The lowest BCUT2D eigenvalue weighted by atomic mass is 9.95. The van der Waals surface area contributed by atoms with Crippen LogP contribution in [-0.4, -0.2) is 70.4 Å². The number of aromatic nitrogens is 1. The quantitative estimate of drug-likeness (QED) is 0.412. The Bertz CT molecular complexity index is 1000. The third-order valence-corrected chi connectivity index (χ3v) is 7.76. The molecule has 3 rings (SSSR count). The van der Waals surface area contributed by atoms with E-state index in [0.29, 0.717) is 0 Å². The van der Waals surface area contributed by atoms with Gasteiger partial charge in [-0.2, -0.15) is 0 Å². The minimum Gasteiger partial charge on any atom is -0.480 e. The largest absolute Gasteiger partial charge is 0.480 e. The second-order valence-corrected chi connectivity index (χ2v) is 9.62. The predicted octanol–water partition coefficient (Wildman–Crippen LogP) is -1.02. The molecule has 1 aromatic heterocycles. The molecule has 0 spiro atoms. The summed E-state index contributed by atoms with van der Waals surface area (Å²) in [5.74, 6) is -2.55. The molecule has 1 aromatic rings. The highest BCUT2D eigenvalue weighted by Gasteiger charge is 2.70. The molecule has 0 aromatic carbocycles. The molecule has 150 valence electrons. The number of carboxylic acid groups (broad SMARTS) is 1. The molecule has 3 heterocycles. The van der Waals surface area contributed by atoms with Crippen LogP contribution in [-0.2, 0) is 19.4 Å². The Morgan fingerprint density at radius 2 is 2.11 bits per heavy atom. The van der Waals surface area contributed by atoms with Gasteiger partial charge in [0.1, 0.15) is 4.75 Å². The van der Waals surface area contributed by atoms with Crippen LogP contribution in [0, 0.1) is 0 Å². The SMILES string of the molecule is CC1(C)[C@H](C(=O)O)N2C(=O)/C(=C/c3ncccc3C(=O)NCCN)[C@H]2S1(=O)=O. The van der Waals surface area contributed by atoms with E-state index in [-0.39, 0.29) is 29.9 Å². The first-order valence-electron chi connectivity index (χ1n) is 8.49. The van der Waals surface area contributed by atoms with Crippen LogP contribution in [0.5, 0.6) is 0 Å². The molecule has 0 radical (unpaired) electrons. The molecule has 2 fully saturated rings. The van der Waals surface area contributed by atoms with Gasteiger partial charge in [0.15, 0.2) is 21.3 Å². The standard InChI is InChI=1S/C17H20N4O6S/c1-17(2)12(16(24)25)21-14(23)10(15(21)28(17,26)27)8-11-9(4-3-6-19-11)13(22)20-7-5-18/h3-4,6,8,12,15H,5,7,18H2,1-2H3,(H,20,22)(H,24,25)/b10-8-/t12-,15+/m0/s1. The molecule has 0 unspecified atom stereocenters. The van der Waals surface area contributed by atoms with Crippen molar-refractivity contribution in [1.82, 2.24) is 15.2 Å². The summed E-state index contributed by atoms with van der Waals surface area (Å²) in [4.78, 5) is 41.4. The molecule has 0 aliphatic carbocycles. The fraction of sp³-hybridized carbons (Fsp3) is 0.412. The van der Waals surface area contributed by atoms with Crippen LogP contribution >= 0.6 is 0 Å². The Morgan fingerprint density at radius 1 is 1.43 bits per heavy atom. The molecule has 2 aliphatic heterocycles. The molecule has 4 N–H and O–H groups in total. The predicted molar refractivity (Wildman–Crippen MR) is 98.7 cm³/mol. The fourth-order valence-corrected chi connectivity index (χ4v) is 5.62. The van der Waals surface area contributed by atoms with Gasteiger partial charge in [0.25, 0.3) is 11.8 Å². The van der Waals surface area contributed by atoms with Crippen molar-refractivity contribution >= 4 is 33.7 Å². The van der Waals surface area contributed by atoms with Gasteiger partial charge in [0.2, 0.25) is 0 Å². The smallest absolute Gasteiger partial charge is 0.328 e. The molecule has 2 aliphatic rings. The number of carboxylic acids is 1. The molecule has 2 atom stereocenters. The summed E-state index contributed by atoms with van der Waals surface area (Å²) in [5, 5.41) is 10.6. The van der Waals surface area contributed by atoms with E-state index in [1.54, 1.807) is 0 Å². The number of sulfone groups is 1. The van der Waals surface area contributed by atoms with Crippen LogP contribution in [0.25, 0.3) is 6.08 Å². The van der Waals surface area contributed by atoms with Crippen molar-refractivity contribution in [3.63, 3.8) is 0 Å². The zero-order valence-corrected chi connectivity index (χ0v) is 16.1. The van der Waals surface area contributed by atoms with Crippen LogP contribution in [0.1, 0.15) is 29.9 Å². The Kier molecular flexibility index (Phi) is 4.76. The van der Waals surface area contributed by atoms with Crippen LogP contribution in [0.15, 0.2) is 23.9 Å². The van der Waals surface area contributed by atoms with E-state index in [4.69, 9.17) is 5.73 Å². The summed E-state index contributed by atoms with van der Waals surface area (Å²) >= 11 is 0. The maximum atomic E-state index is 12.9. The normalized spacial score (nSPS) is 25.9. The number of nitrogens with zero attached hydrogens (tertiary/aromatic N) is 2. The number of fused-ring (bicyclic) bond motifs is 1. The highest BCUT2D eigenvalue weighted by Crippen LogP contribution is 2.48. The van der Waals surface area contributed by atoms with Crippen LogP contribution in [0.3, 0.4) is 0 Å². The highest BCUT2D eigenvalue weighted by molar-refractivity contribution is 7.94. The first-order valence-corrected chi connectivity index (χ1v) is 10.0. The van der Waals surface area contributed by atoms with Gasteiger partial charge in [-0.05, 0) is 32.1 Å². The van der Waals surface area contributed by atoms with Gasteiger partial charge in [0, 0.05) is 19.3 Å². The maximum absolute atomic E-state index is 12.9. The van der Waals surface area contributed by atoms with Crippen LogP contribution in [0.4, 0.5) is 0 Å². The van der Waals surface area contributed by atoms with Crippen molar-refractivity contribution < 1.29 is 27.9 Å². The van der Waals surface area contributed by atoms with E-state index < -0.39 is 43.8 Å². The first kappa shape index (κ1) is 20.0. The molecule has 2 amide bonds. The van der Waals surface area contributed by atoms with Gasteiger partial charge in [-0.15, -0.1) is 0 Å². The first-order chi connectivity index (χ1) is 13.1. The second kappa shape index (κ2) is 6.67. The number of nitrogens with one attached hydrogen (secondary N) is 1. The summed E-state index contributed by atoms with van der Waals surface area (Å²) in [7, 11) is -4.00. The third kappa shape index (κ3) is 2.69. The number of pyridine rings is 1. The molecular formula is C17H20N4O6S. The zero-order chi connectivity index (χ0) is 20.9. The summed E-state index contributed by atoms with van der Waals surface area (Å²) in [6.45, 7) is 3.05. The van der Waals surface area contributed by atoms with E-state index in [2.05, 4.69) is 10.3 Å². The van der Waals surface area contributed by atoms with Gasteiger partial charge in [-0.1, -0.05) is 0 Å². The Balaban J connectivity index is 2.04. The molecular weight excluding hydrogens is 388 g/mol. The number of hydrogen-bond acceptors (Lipinski definition) is 7. The van der Waals surface area contributed by atoms with Crippen molar-refractivity contribution in [2.24, 2.45) is 5.73 Å². The average molecular weight is 408 g/mol. The van der Waals surface area contributed by atoms with Gasteiger partial charge < -0.3 is 21.1 Å². The van der Waals surface area contributed by atoms with Crippen LogP contribution in [0.2, 0.25) is 0 Å². The number of aliphatic carboxylic acids is 1. The number of carbonyl (C=O) groups is 3. The minimum absolute atomic E-state index is 0.108. The van der Waals surface area contributed by atoms with E-state index in [1.165, 1.54) is 38.3 Å². The fourth-order valence-electron chi connectivity index (χ4n) is 3.49. The number of β-lactam (4-membered cyclic amide) rings is 1. The highest BCUT2D eigenvalue weighted by atomic mass is 32.2. The van der Waals surface area contributed by atoms with Crippen molar-refractivity contribution in [2.45, 2.75) is 30.0 Å². The van der Waals surface area contributed by atoms with E-state index in [9.17, 15) is 27.9 Å². The average Bonchev–Trinajstić information content (AvgIpc) is 2.78. The van der Waals surface area contributed by atoms with Crippen molar-refractivity contribution in [2.75, 3.05) is 13.1 Å². The topological polar surface area (TPSA) is 160 Å². The summed E-state index contributed by atoms with van der Waals surface area (Å²) in [6, 6.07) is 1.53. The molecule has 11 heteroatoms. The monoisotopic (exact) mass is 408 g/mol. The Labute approximate surface area is 161 Å². The van der Waals surface area contributed by atoms with E-state index in [0.717, 1.165) is 4.90 Å². The summed E-state index contributed by atoms with van der Waals surface area (Å²) < 4.78 is 24.1. The summed E-state index contributed by atoms with van der Waals surface area (Å²) in [5.41, 5.74) is 5.53. The van der Waals surface area contributed by atoms with E-state index in [1.807, 2.05) is 0 Å². The Morgan fingerprint density at radius 3 is 2.71 bits per heavy atom. The third-order valence-electron chi connectivity index (χ3n) is 5.00. The molecule has 0 bridgehead atoms. The Hall–Kier alpha value is -2.79. The number of rotatable bonds is 5. The van der Waals surface area contributed by atoms with Gasteiger partial charge in [-0.25, -0.2) is 13.2 Å². The van der Waals surface area contributed by atoms with Crippen molar-refractivity contribution in [3.05, 3.63) is 35.2 Å². The van der Waals surface area contributed by atoms with Crippen molar-refractivity contribution in [1.29, 1.82) is 0 Å². The molecule has 28 heavy (non-hydrogen) atoms. The zero-order valence-electron chi connectivity index (χ0n) is 15.2. The number of amides is 2. The second-order valence-electron chi connectivity index (χ2n) is 7.03. The van der Waals surface area contributed by atoms with Crippen LogP contribution < -0.4 is 11.1 Å². The van der Waals surface area contributed by atoms with E-state index >= 15 is 0 Å². The summed E-state index contributed by atoms with van der Waals surface area (Å²) in [6.07, 6.45) is 2.64. The number of carbonyl (C=O) groups excluding carboxylic acids is 2. The maximum Gasteiger partial charge on any atom is 0.328 e. The number of hydrogen-bond donors (Lipinski definition) is 3. The van der Waals surface area contributed by atoms with Gasteiger partial charge in [-0.3, -0.25) is 14.6 Å². The number of nitrogens with two attached hydrogens (primary N) is 1. The van der Waals surface area contributed by atoms with Crippen molar-refractivity contribution in [3.8, 4) is 0 Å². The lowest BCUT2D eigenvalue weighted by Crippen LogP contribution is -2.58. The molecule has 10 nitrogen and oxygen atoms in total. The minimum atomic E-state index is -4.00. The molecule has 2 saturated heterocycles. The van der Waals surface area contributed by atoms with Gasteiger partial charge >= 0.3 is 5.97 Å².